The van der Waals surface area contributed by atoms with E-state index in [4.69, 9.17) is 10.5 Å². The minimum atomic E-state index is -0.559. The van der Waals surface area contributed by atoms with E-state index >= 15 is 0 Å². The van der Waals surface area contributed by atoms with Gasteiger partial charge in [-0.25, -0.2) is 8.78 Å². The van der Waals surface area contributed by atoms with Crippen LogP contribution >= 0.6 is 0 Å². The Morgan fingerprint density at radius 2 is 2.00 bits per heavy atom. The summed E-state index contributed by atoms with van der Waals surface area (Å²) in [5, 5.41) is 0. The molecule has 0 saturated heterocycles. The maximum Gasteiger partial charge on any atom is 0.129 e. The summed E-state index contributed by atoms with van der Waals surface area (Å²) in [5.74, 6) is -0.398. The SMILES string of the molecule is CCOC1(C(N)Cc2ccc(F)cc2F)CCC(C)CC1. The van der Waals surface area contributed by atoms with Crippen molar-refractivity contribution in [2.24, 2.45) is 11.7 Å². The fourth-order valence-corrected chi connectivity index (χ4v) is 3.27. The van der Waals surface area contributed by atoms with Gasteiger partial charge in [0.05, 0.1) is 5.60 Å². The molecule has 0 heterocycles. The van der Waals surface area contributed by atoms with Crippen LogP contribution in [-0.2, 0) is 11.2 Å². The van der Waals surface area contributed by atoms with Crippen LogP contribution in [0.4, 0.5) is 8.78 Å². The zero-order valence-corrected chi connectivity index (χ0v) is 12.9. The van der Waals surface area contributed by atoms with Gasteiger partial charge in [-0.05, 0) is 56.6 Å². The van der Waals surface area contributed by atoms with Crippen molar-refractivity contribution in [1.29, 1.82) is 0 Å². The predicted molar refractivity (Wildman–Crippen MR) is 80.0 cm³/mol. The second kappa shape index (κ2) is 6.84. The van der Waals surface area contributed by atoms with Gasteiger partial charge in [-0.1, -0.05) is 13.0 Å². The largest absolute Gasteiger partial charge is 0.374 e. The monoisotopic (exact) mass is 297 g/mol. The summed E-state index contributed by atoms with van der Waals surface area (Å²) < 4.78 is 32.8. The summed E-state index contributed by atoms with van der Waals surface area (Å²) in [5.41, 5.74) is 6.46. The third-order valence-electron chi connectivity index (χ3n) is 4.68. The molecule has 0 aliphatic heterocycles. The van der Waals surface area contributed by atoms with E-state index in [0.29, 0.717) is 24.5 Å². The molecule has 0 bridgehead atoms. The maximum absolute atomic E-state index is 13.8. The molecule has 2 N–H and O–H groups in total. The van der Waals surface area contributed by atoms with E-state index in [1.165, 1.54) is 12.1 Å². The topological polar surface area (TPSA) is 35.2 Å². The van der Waals surface area contributed by atoms with Gasteiger partial charge in [-0.2, -0.15) is 0 Å². The second-order valence-corrected chi connectivity index (χ2v) is 6.23. The number of rotatable bonds is 5. The highest BCUT2D eigenvalue weighted by Crippen LogP contribution is 2.37. The average Bonchev–Trinajstić information content (AvgIpc) is 2.45. The zero-order valence-electron chi connectivity index (χ0n) is 12.9. The first-order valence-electron chi connectivity index (χ1n) is 7.80. The molecule has 118 valence electrons. The van der Waals surface area contributed by atoms with Crippen molar-refractivity contribution in [1.82, 2.24) is 0 Å². The van der Waals surface area contributed by atoms with Crippen LogP contribution in [-0.4, -0.2) is 18.2 Å². The first-order valence-corrected chi connectivity index (χ1v) is 7.80. The molecule has 4 heteroatoms. The fourth-order valence-electron chi connectivity index (χ4n) is 3.27. The van der Waals surface area contributed by atoms with Crippen molar-refractivity contribution in [3.05, 3.63) is 35.4 Å². The first kappa shape index (κ1) is 16.4. The summed E-state index contributed by atoms with van der Waals surface area (Å²) in [4.78, 5) is 0. The van der Waals surface area contributed by atoms with Gasteiger partial charge < -0.3 is 10.5 Å². The summed E-state index contributed by atoms with van der Waals surface area (Å²) in [6.45, 7) is 4.81. The first-order chi connectivity index (χ1) is 9.97. The molecule has 2 rings (SSSR count). The van der Waals surface area contributed by atoms with Crippen LogP contribution in [0.3, 0.4) is 0 Å². The van der Waals surface area contributed by atoms with E-state index in [-0.39, 0.29) is 11.6 Å². The molecule has 1 atom stereocenters. The lowest BCUT2D eigenvalue weighted by Crippen LogP contribution is -2.53. The van der Waals surface area contributed by atoms with Gasteiger partial charge in [0.15, 0.2) is 0 Å². The number of ether oxygens (including phenoxy) is 1. The third-order valence-corrected chi connectivity index (χ3v) is 4.68. The molecule has 1 aliphatic rings. The molecule has 1 unspecified atom stereocenters. The van der Waals surface area contributed by atoms with Gasteiger partial charge in [0, 0.05) is 18.7 Å². The Balaban J connectivity index is 2.13. The highest BCUT2D eigenvalue weighted by molar-refractivity contribution is 5.20. The summed E-state index contributed by atoms with van der Waals surface area (Å²) in [7, 11) is 0. The maximum atomic E-state index is 13.8. The van der Waals surface area contributed by atoms with Crippen LogP contribution in [0.5, 0.6) is 0 Å². The van der Waals surface area contributed by atoms with Gasteiger partial charge in [0.25, 0.3) is 0 Å². The lowest BCUT2D eigenvalue weighted by Gasteiger charge is -2.43. The van der Waals surface area contributed by atoms with Crippen molar-refractivity contribution in [2.75, 3.05) is 6.61 Å². The molecule has 1 aromatic rings. The Bertz CT molecular complexity index is 470. The third kappa shape index (κ3) is 3.80. The fraction of sp³-hybridized carbons (Fsp3) is 0.647. The van der Waals surface area contributed by atoms with Crippen molar-refractivity contribution in [3.8, 4) is 0 Å². The van der Waals surface area contributed by atoms with Crippen LogP contribution in [0.2, 0.25) is 0 Å². The number of halogens is 2. The Morgan fingerprint density at radius 1 is 1.33 bits per heavy atom. The molecule has 1 saturated carbocycles. The van der Waals surface area contributed by atoms with Crippen LogP contribution in [0.25, 0.3) is 0 Å². The van der Waals surface area contributed by atoms with E-state index in [0.717, 1.165) is 31.7 Å². The van der Waals surface area contributed by atoms with Crippen molar-refractivity contribution >= 4 is 0 Å². The number of benzene rings is 1. The van der Waals surface area contributed by atoms with Crippen molar-refractivity contribution in [2.45, 2.75) is 57.6 Å². The summed E-state index contributed by atoms with van der Waals surface area (Å²) in [6.07, 6.45) is 4.36. The summed E-state index contributed by atoms with van der Waals surface area (Å²) in [6, 6.07) is 3.40. The standard InChI is InChI=1S/C17H25F2NO/c1-3-21-17(8-6-12(2)7-9-17)16(20)10-13-4-5-14(18)11-15(13)19/h4-5,11-12,16H,3,6-10,20H2,1-2H3. The number of nitrogens with two attached hydrogens (primary N) is 1. The van der Waals surface area contributed by atoms with Gasteiger partial charge >= 0.3 is 0 Å². The van der Waals surface area contributed by atoms with E-state index in [9.17, 15) is 8.78 Å². The minimum Gasteiger partial charge on any atom is -0.374 e. The smallest absolute Gasteiger partial charge is 0.129 e. The van der Waals surface area contributed by atoms with Gasteiger partial charge in [-0.3, -0.25) is 0 Å². The van der Waals surface area contributed by atoms with E-state index in [2.05, 4.69) is 6.92 Å². The van der Waals surface area contributed by atoms with Gasteiger partial charge in [0.1, 0.15) is 11.6 Å². The van der Waals surface area contributed by atoms with E-state index in [1.807, 2.05) is 6.92 Å². The van der Waals surface area contributed by atoms with E-state index in [1.54, 1.807) is 0 Å². The predicted octanol–water partition coefficient (Wildman–Crippen LogP) is 3.82. The van der Waals surface area contributed by atoms with E-state index < -0.39 is 11.6 Å². The van der Waals surface area contributed by atoms with Crippen LogP contribution < -0.4 is 5.73 Å². The Hall–Kier alpha value is -1.00. The Kier molecular flexibility index (Phi) is 5.33. The molecular weight excluding hydrogens is 272 g/mol. The molecule has 21 heavy (non-hydrogen) atoms. The highest BCUT2D eigenvalue weighted by atomic mass is 19.1. The van der Waals surface area contributed by atoms with Crippen molar-refractivity contribution < 1.29 is 13.5 Å². The van der Waals surface area contributed by atoms with Crippen LogP contribution in [0.1, 0.15) is 45.1 Å². The van der Waals surface area contributed by atoms with Crippen LogP contribution in [0, 0.1) is 17.6 Å². The zero-order chi connectivity index (χ0) is 15.5. The normalized spacial score (nSPS) is 27.6. The molecule has 1 fully saturated rings. The molecule has 1 aliphatic carbocycles. The van der Waals surface area contributed by atoms with Crippen LogP contribution in [0.15, 0.2) is 18.2 Å². The molecule has 2 nitrogen and oxygen atoms in total. The van der Waals surface area contributed by atoms with Gasteiger partial charge in [-0.15, -0.1) is 0 Å². The Morgan fingerprint density at radius 3 is 2.57 bits per heavy atom. The second-order valence-electron chi connectivity index (χ2n) is 6.23. The average molecular weight is 297 g/mol. The lowest BCUT2D eigenvalue weighted by atomic mass is 9.74. The molecule has 0 spiro atoms. The number of hydrogen-bond acceptors (Lipinski definition) is 2. The highest BCUT2D eigenvalue weighted by Gasteiger charge is 2.40. The molecule has 0 radical (unpaired) electrons. The lowest BCUT2D eigenvalue weighted by molar-refractivity contribution is -0.0884. The quantitative estimate of drug-likeness (QED) is 0.896. The minimum absolute atomic E-state index is 0.273. The molecule has 1 aromatic carbocycles. The molecule has 0 amide bonds. The number of hydrogen-bond donors (Lipinski definition) is 1. The molecule has 0 aromatic heterocycles. The van der Waals surface area contributed by atoms with Gasteiger partial charge in [0.2, 0.25) is 0 Å². The summed E-state index contributed by atoms with van der Waals surface area (Å²) >= 11 is 0. The molecular formula is C17H25F2NO. The Labute approximate surface area is 125 Å². The van der Waals surface area contributed by atoms with Crippen molar-refractivity contribution in [3.63, 3.8) is 0 Å².